The number of aryl methyl sites for hydroxylation is 1. The maximum atomic E-state index is 6.44. The Hall–Kier alpha value is -0.930. The second kappa shape index (κ2) is 4.15. The average molecular weight is 243 g/mol. The van der Waals surface area contributed by atoms with Crippen LogP contribution in [-0.2, 0) is 9.61 Å². The summed E-state index contributed by atoms with van der Waals surface area (Å²) in [4.78, 5) is -0.466. The lowest BCUT2D eigenvalue weighted by Gasteiger charge is -2.37. The number of hydrogen-bond acceptors (Lipinski definition) is 3. The van der Waals surface area contributed by atoms with Crippen molar-refractivity contribution in [3.8, 4) is 11.5 Å². The molecule has 0 spiro atoms. The SMILES string of the molecule is COc1cc(C2(Cl)COC2)c(OC)cc1C. The molecule has 0 bridgehead atoms. The molecule has 0 aliphatic carbocycles. The van der Waals surface area contributed by atoms with E-state index in [1.54, 1.807) is 14.2 Å². The van der Waals surface area contributed by atoms with Gasteiger partial charge in [0.05, 0.1) is 27.4 Å². The summed E-state index contributed by atoms with van der Waals surface area (Å²) in [5, 5.41) is 0. The van der Waals surface area contributed by atoms with Crippen LogP contribution >= 0.6 is 11.6 Å². The van der Waals surface area contributed by atoms with Gasteiger partial charge in [-0.1, -0.05) is 0 Å². The topological polar surface area (TPSA) is 27.7 Å². The highest BCUT2D eigenvalue weighted by molar-refractivity contribution is 6.25. The molecule has 0 amide bonds. The number of methoxy groups -OCH3 is 2. The fraction of sp³-hybridized carbons (Fsp3) is 0.500. The molecule has 1 aromatic rings. The molecule has 1 heterocycles. The highest BCUT2D eigenvalue weighted by Crippen LogP contribution is 2.43. The molecule has 0 saturated carbocycles. The fourth-order valence-electron chi connectivity index (χ4n) is 1.84. The van der Waals surface area contributed by atoms with Crippen molar-refractivity contribution < 1.29 is 14.2 Å². The third-order valence-corrected chi connectivity index (χ3v) is 3.28. The summed E-state index contributed by atoms with van der Waals surface area (Å²) in [5.41, 5.74) is 1.97. The van der Waals surface area contributed by atoms with Gasteiger partial charge in [0.1, 0.15) is 16.4 Å². The minimum atomic E-state index is -0.466. The monoisotopic (exact) mass is 242 g/mol. The second-order valence-electron chi connectivity index (χ2n) is 3.98. The summed E-state index contributed by atoms with van der Waals surface area (Å²) in [6.45, 7) is 3.00. The summed E-state index contributed by atoms with van der Waals surface area (Å²) < 4.78 is 15.8. The van der Waals surface area contributed by atoms with E-state index in [2.05, 4.69) is 0 Å². The van der Waals surface area contributed by atoms with Crippen molar-refractivity contribution in [1.82, 2.24) is 0 Å². The van der Waals surface area contributed by atoms with Crippen LogP contribution in [0.4, 0.5) is 0 Å². The predicted octanol–water partition coefficient (Wildman–Crippen LogP) is 2.48. The van der Waals surface area contributed by atoms with Crippen molar-refractivity contribution in [3.63, 3.8) is 0 Å². The van der Waals surface area contributed by atoms with Crippen molar-refractivity contribution in [1.29, 1.82) is 0 Å². The van der Waals surface area contributed by atoms with Crippen molar-refractivity contribution in [2.45, 2.75) is 11.8 Å². The first-order chi connectivity index (χ1) is 7.60. The van der Waals surface area contributed by atoms with Crippen LogP contribution in [0.1, 0.15) is 11.1 Å². The molecule has 2 rings (SSSR count). The summed E-state index contributed by atoms with van der Waals surface area (Å²) >= 11 is 6.44. The van der Waals surface area contributed by atoms with E-state index >= 15 is 0 Å². The highest BCUT2D eigenvalue weighted by atomic mass is 35.5. The van der Waals surface area contributed by atoms with Crippen molar-refractivity contribution in [2.24, 2.45) is 0 Å². The molecule has 1 aromatic carbocycles. The highest BCUT2D eigenvalue weighted by Gasteiger charge is 2.41. The Labute approximate surface area is 100 Å². The zero-order chi connectivity index (χ0) is 11.8. The summed E-state index contributed by atoms with van der Waals surface area (Å²) in [5.74, 6) is 1.61. The van der Waals surface area contributed by atoms with Gasteiger partial charge < -0.3 is 14.2 Å². The molecule has 3 nitrogen and oxygen atoms in total. The molecule has 0 N–H and O–H groups in total. The number of alkyl halides is 1. The van der Waals surface area contributed by atoms with E-state index in [4.69, 9.17) is 25.8 Å². The van der Waals surface area contributed by atoms with Gasteiger partial charge in [-0.3, -0.25) is 0 Å². The van der Waals surface area contributed by atoms with E-state index in [-0.39, 0.29) is 0 Å². The Balaban J connectivity index is 2.49. The minimum Gasteiger partial charge on any atom is -0.496 e. The Bertz CT molecular complexity index is 399. The Morgan fingerprint density at radius 1 is 1.19 bits per heavy atom. The lowest BCUT2D eigenvalue weighted by Crippen LogP contribution is -2.41. The maximum absolute atomic E-state index is 6.44. The molecule has 88 valence electrons. The molecule has 1 saturated heterocycles. The van der Waals surface area contributed by atoms with E-state index in [1.807, 2.05) is 19.1 Å². The summed E-state index contributed by atoms with van der Waals surface area (Å²) in [7, 11) is 3.29. The first-order valence-corrected chi connectivity index (χ1v) is 5.48. The Morgan fingerprint density at radius 3 is 2.25 bits per heavy atom. The van der Waals surface area contributed by atoms with Crippen LogP contribution in [0.2, 0.25) is 0 Å². The average Bonchev–Trinajstić information content (AvgIpc) is 2.25. The van der Waals surface area contributed by atoms with Crippen LogP contribution in [0.3, 0.4) is 0 Å². The normalized spacial score (nSPS) is 17.8. The number of rotatable bonds is 3. The standard InChI is InChI=1S/C12H15ClO3/c1-8-4-11(15-3)9(5-10(8)14-2)12(13)6-16-7-12/h4-5H,6-7H2,1-3H3. The molecular weight excluding hydrogens is 228 g/mol. The largest absolute Gasteiger partial charge is 0.496 e. The molecule has 0 radical (unpaired) electrons. The first kappa shape index (κ1) is 11.6. The van der Waals surface area contributed by atoms with Crippen LogP contribution in [0.5, 0.6) is 11.5 Å². The second-order valence-corrected chi connectivity index (χ2v) is 4.70. The van der Waals surface area contributed by atoms with Gasteiger partial charge in [0.15, 0.2) is 0 Å². The number of hydrogen-bond donors (Lipinski definition) is 0. The van der Waals surface area contributed by atoms with Crippen LogP contribution in [-0.4, -0.2) is 27.4 Å². The van der Waals surface area contributed by atoms with Crippen molar-refractivity contribution in [3.05, 3.63) is 23.3 Å². The van der Waals surface area contributed by atoms with Gasteiger partial charge in [-0.15, -0.1) is 11.6 Å². The van der Waals surface area contributed by atoms with Gasteiger partial charge >= 0.3 is 0 Å². The number of halogens is 1. The van der Waals surface area contributed by atoms with Gasteiger partial charge in [-0.25, -0.2) is 0 Å². The lowest BCUT2D eigenvalue weighted by atomic mass is 9.94. The van der Waals surface area contributed by atoms with E-state index in [9.17, 15) is 0 Å². The lowest BCUT2D eigenvalue weighted by molar-refractivity contribution is -0.0162. The summed E-state index contributed by atoms with van der Waals surface area (Å²) in [6.07, 6.45) is 0. The van der Waals surface area contributed by atoms with Crippen LogP contribution in [0, 0.1) is 6.92 Å². The minimum absolute atomic E-state index is 0.466. The van der Waals surface area contributed by atoms with Gasteiger partial charge in [0.2, 0.25) is 0 Å². The van der Waals surface area contributed by atoms with Gasteiger partial charge in [-0.2, -0.15) is 0 Å². The predicted molar refractivity (Wildman–Crippen MR) is 62.6 cm³/mol. The van der Waals surface area contributed by atoms with Gasteiger partial charge in [-0.05, 0) is 24.6 Å². The Kier molecular flexibility index (Phi) is 3.00. The first-order valence-electron chi connectivity index (χ1n) is 5.10. The Morgan fingerprint density at radius 2 is 1.81 bits per heavy atom. The molecule has 16 heavy (non-hydrogen) atoms. The van der Waals surface area contributed by atoms with Gasteiger partial charge in [0.25, 0.3) is 0 Å². The molecule has 1 aliphatic heterocycles. The smallest absolute Gasteiger partial charge is 0.124 e. The molecule has 0 unspecified atom stereocenters. The molecule has 0 atom stereocenters. The fourth-order valence-corrected chi connectivity index (χ4v) is 2.14. The van der Waals surface area contributed by atoms with Crippen molar-refractivity contribution in [2.75, 3.05) is 27.4 Å². The van der Waals surface area contributed by atoms with Crippen LogP contribution < -0.4 is 9.47 Å². The molecule has 1 aliphatic rings. The zero-order valence-corrected chi connectivity index (χ0v) is 10.4. The quantitative estimate of drug-likeness (QED) is 0.763. The summed E-state index contributed by atoms with van der Waals surface area (Å²) in [6, 6.07) is 3.88. The van der Waals surface area contributed by atoms with Crippen LogP contribution in [0.15, 0.2) is 12.1 Å². The molecular formula is C12H15ClO3. The maximum Gasteiger partial charge on any atom is 0.124 e. The van der Waals surface area contributed by atoms with E-state index in [1.165, 1.54) is 0 Å². The molecule has 0 aromatic heterocycles. The third-order valence-electron chi connectivity index (χ3n) is 2.86. The van der Waals surface area contributed by atoms with Crippen molar-refractivity contribution >= 4 is 11.6 Å². The molecule has 1 fully saturated rings. The van der Waals surface area contributed by atoms with E-state index < -0.39 is 4.87 Å². The number of ether oxygens (including phenoxy) is 3. The third kappa shape index (κ3) is 1.74. The van der Waals surface area contributed by atoms with Gasteiger partial charge in [0, 0.05) is 5.56 Å². The number of benzene rings is 1. The zero-order valence-electron chi connectivity index (χ0n) is 9.67. The van der Waals surface area contributed by atoms with E-state index in [0.29, 0.717) is 13.2 Å². The molecule has 4 heteroatoms. The van der Waals surface area contributed by atoms with Crippen LogP contribution in [0.25, 0.3) is 0 Å². The van der Waals surface area contributed by atoms with E-state index in [0.717, 1.165) is 22.6 Å².